The fraction of sp³-hybridized carbons (Fsp3) is 0.579. The third kappa shape index (κ3) is 4.51. The molecule has 0 saturated heterocycles. The molecule has 1 aromatic rings. The number of hydrogen-bond donors (Lipinski definition) is 2. The number of amides is 3. The minimum atomic E-state index is -0.169. The maximum absolute atomic E-state index is 12.3. The van der Waals surface area contributed by atoms with Crippen LogP contribution in [0.5, 0.6) is 0 Å². The van der Waals surface area contributed by atoms with E-state index in [1.807, 2.05) is 18.2 Å². The average Bonchev–Trinajstić information content (AvgIpc) is 2.62. The highest BCUT2D eigenvalue weighted by molar-refractivity contribution is 5.97. The Kier molecular flexibility index (Phi) is 5.91. The smallest absolute Gasteiger partial charge is 0.319 e. The maximum Gasteiger partial charge on any atom is 0.319 e. The molecular weight excluding hydrogens is 318 g/mol. The zero-order valence-corrected chi connectivity index (χ0v) is 14.8. The van der Waals surface area contributed by atoms with E-state index in [9.17, 15) is 9.59 Å². The molecular formula is C19H27N3O3. The van der Waals surface area contributed by atoms with E-state index in [4.69, 9.17) is 4.74 Å². The van der Waals surface area contributed by atoms with Gasteiger partial charge in [-0.3, -0.25) is 4.79 Å². The van der Waals surface area contributed by atoms with Crippen LogP contribution in [0.4, 0.5) is 16.2 Å². The number of benzene rings is 1. The number of aryl methyl sites for hydroxylation is 1. The zero-order chi connectivity index (χ0) is 17.6. The summed E-state index contributed by atoms with van der Waals surface area (Å²) in [6, 6.07) is 5.90. The molecule has 0 unspecified atom stereocenters. The molecule has 3 amide bonds. The van der Waals surface area contributed by atoms with Crippen LogP contribution >= 0.6 is 0 Å². The number of nitrogens with one attached hydrogen (secondary N) is 2. The second kappa shape index (κ2) is 8.34. The summed E-state index contributed by atoms with van der Waals surface area (Å²) in [5.41, 5.74) is 2.72. The Labute approximate surface area is 148 Å². The third-order valence-electron chi connectivity index (χ3n) is 4.97. The zero-order valence-electron chi connectivity index (χ0n) is 14.8. The Morgan fingerprint density at radius 3 is 2.76 bits per heavy atom. The monoisotopic (exact) mass is 345 g/mol. The van der Waals surface area contributed by atoms with Crippen molar-refractivity contribution in [1.82, 2.24) is 5.32 Å². The molecule has 136 valence electrons. The van der Waals surface area contributed by atoms with E-state index in [0.29, 0.717) is 12.2 Å². The molecule has 1 aliphatic carbocycles. The molecule has 1 saturated carbocycles. The molecule has 2 N–H and O–H groups in total. The van der Waals surface area contributed by atoms with E-state index in [1.54, 1.807) is 4.90 Å². The van der Waals surface area contributed by atoms with Crippen molar-refractivity contribution in [2.24, 2.45) is 0 Å². The predicted octanol–water partition coefficient (Wildman–Crippen LogP) is 3.07. The fourth-order valence-corrected chi connectivity index (χ4v) is 3.71. The summed E-state index contributed by atoms with van der Waals surface area (Å²) in [4.78, 5) is 26.3. The van der Waals surface area contributed by atoms with Gasteiger partial charge in [0.15, 0.2) is 0 Å². The Hall–Kier alpha value is -2.08. The lowest BCUT2D eigenvalue weighted by Gasteiger charge is -2.30. The topological polar surface area (TPSA) is 70.7 Å². The first-order chi connectivity index (χ1) is 12.2. The van der Waals surface area contributed by atoms with Gasteiger partial charge in [-0.1, -0.05) is 25.3 Å². The van der Waals surface area contributed by atoms with Gasteiger partial charge in [0.1, 0.15) is 6.61 Å². The minimum Gasteiger partial charge on any atom is -0.375 e. The highest BCUT2D eigenvalue weighted by atomic mass is 16.5. The molecule has 0 spiro atoms. The van der Waals surface area contributed by atoms with Crippen molar-refractivity contribution in [1.29, 1.82) is 0 Å². The lowest BCUT2D eigenvalue weighted by atomic mass is 9.96. The summed E-state index contributed by atoms with van der Waals surface area (Å²) in [5, 5.41) is 5.96. The highest BCUT2D eigenvalue weighted by Gasteiger charge is 2.23. The number of nitrogens with zero attached hydrogens (tertiary/aromatic N) is 1. The average molecular weight is 345 g/mol. The number of rotatable bonds is 4. The summed E-state index contributed by atoms with van der Waals surface area (Å²) < 4.78 is 4.98. The van der Waals surface area contributed by atoms with Crippen LogP contribution in [0.15, 0.2) is 18.2 Å². The number of methoxy groups -OCH3 is 1. The molecule has 2 aliphatic rings. The van der Waals surface area contributed by atoms with Gasteiger partial charge in [-0.05, 0) is 43.4 Å². The first-order valence-electron chi connectivity index (χ1n) is 9.17. The molecule has 1 aromatic carbocycles. The van der Waals surface area contributed by atoms with Gasteiger partial charge in [-0.15, -0.1) is 0 Å². The first-order valence-corrected chi connectivity index (χ1v) is 9.17. The van der Waals surface area contributed by atoms with Gasteiger partial charge in [0.05, 0.1) is 0 Å². The molecule has 25 heavy (non-hydrogen) atoms. The summed E-state index contributed by atoms with van der Waals surface area (Å²) in [6.45, 7) is 0.756. The van der Waals surface area contributed by atoms with Crippen molar-refractivity contribution in [2.75, 3.05) is 30.5 Å². The van der Waals surface area contributed by atoms with Gasteiger partial charge in [-0.2, -0.15) is 0 Å². The number of carbonyl (C=O) groups excluding carboxylic acids is 2. The van der Waals surface area contributed by atoms with Crippen LogP contribution in [0.1, 0.15) is 44.1 Å². The lowest BCUT2D eigenvalue weighted by Crippen LogP contribution is -2.39. The number of fused-ring (bicyclic) bond motifs is 1. The second-order valence-corrected chi connectivity index (χ2v) is 6.86. The third-order valence-corrected chi connectivity index (χ3v) is 4.97. The van der Waals surface area contributed by atoms with Gasteiger partial charge in [-0.25, -0.2) is 4.79 Å². The van der Waals surface area contributed by atoms with Crippen LogP contribution in [-0.2, 0) is 16.0 Å². The molecule has 1 fully saturated rings. The molecule has 0 aromatic heterocycles. The molecule has 1 heterocycles. The molecule has 0 radical (unpaired) electrons. The van der Waals surface area contributed by atoms with E-state index in [1.165, 1.54) is 26.4 Å². The highest BCUT2D eigenvalue weighted by Crippen LogP contribution is 2.30. The molecule has 1 aliphatic heterocycles. The number of carbonyl (C=O) groups is 2. The van der Waals surface area contributed by atoms with E-state index in [-0.39, 0.29) is 24.6 Å². The maximum atomic E-state index is 12.3. The summed E-state index contributed by atoms with van der Waals surface area (Å²) >= 11 is 0. The van der Waals surface area contributed by atoms with Crippen LogP contribution in [0, 0.1) is 0 Å². The van der Waals surface area contributed by atoms with E-state index in [2.05, 4.69) is 10.6 Å². The Morgan fingerprint density at radius 1 is 1.20 bits per heavy atom. The quantitative estimate of drug-likeness (QED) is 0.881. The molecule has 0 atom stereocenters. The number of anilines is 2. The van der Waals surface area contributed by atoms with Crippen molar-refractivity contribution in [3.05, 3.63) is 23.8 Å². The Balaban J connectivity index is 1.67. The van der Waals surface area contributed by atoms with Crippen molar-refractivity contribution in [3.8, 4) is 0 Å². The van der Waals surface area contributed by atoms with Crippen molar-refractivity contribution < 1.29 is 14.3 Å². The standard InChI is InChI=1S/C19H27N3O3/c1-25-13-18(23)22-11-5-6-14-9-10-16(12-17(14)22)21-19(24)20-15-7-3-2-4-8-15/h9-10,12,15H,2-8,11,13H2,1H3,(H2,20,21,24). The molecule has 3 rings (SSSR count). The van der Waals surface area contributed by atoms with Crippen LogP contribution in [0.25, 0.3) is 0 Å². The molecule has 6 nitrogen and oxygen atoms in total. The van der Waals surface area contributed by atoms with Gasteiger partial charge in [0.2, 0.25) is 0 Å². The number of hydrogen-bond acceptors (Lipinski definition) is 3. The van der Waals surface area contributed by atoms with E-state index < -0.39 is 0 Å². The normalized spacial score (nSPS) is 17.7. The molecule has 6 heteroatoms. The van der Waals surface area contributed by atoms with Crippen LogP contribution in [-0.4, -0.2) is 38.2 Å². The van der Waals surface area contributed by atoms with Crippen molar-refractivity contribution >= 4 is 23.3 Å². The Bertz CT molecular complexity index is 626. The first kappa shape index (κ1) is 17.7. The van der Waals surface area contributed by atoms with Crippen LogP contribution < -0.4 is 15.5 Å². The largest absolute Gasteiger partial charge is 0.375 e. The predicted molar refractivity (Wildman–Crippen MR) is 98.0 cm³/mol. The van der Waals surface area contributed by atoms with Crippen molar-refractivity contribution in [2.45, 2.75) is 51.0 Å². The SMILES string of the molecule is COCC(=O)N1CCCc2ccc(NC(=O)NC3CCCCC3)cc21. The summed E-state index contributed by atoms with van der Waals surface area (Å²) in [7, 11) is 1.52. The lowest BCUT2D eigenvalue weighted by molar-refractivity contribution is -0.122. The summed E-state index contributed by atoms with van der Waals surface area (Å²) in [6.07, 6.45) is 7.61. The minimum absolute atomic E-state index is 0.0488. The summed E-state index contributed by atoms with van der Waals surface area (Å²) in [5.74, 6) is -0.0488. The van der Waals surface area contributed by atoms with Gasteiger partial charge >= 0.3 is 6.03 Å². The van der Waals surface area contributed by atoms with Crippen LogP contribution in [0.2, 0.25) is 0 Å². The fourth-order valence-electron chi connectivity index (χ4n) is 3.71. The number of urea groups is 1. The van der Waals surface area contributed by atoms with Crippen LogP contribution in [0.3, 0.4) is 0 Å². The second-order valence-electron chi connectivity index (χ2n) is 6.86. The van der Waals surface area contributed by atoms with Gasteiger partial charge in [0, 0.05) is 31.1 Å². The van der Waals surface area contributed by atoms with Crippen molar-refractivity contribution in [3.63, 3.8) is 0 Å². The van der Waals surface area contributed by atoms with Gasteiger partial charge < -0.3 is 20.3 Å². The number of ether oxygens (including phenoxy) is 1. The van der Waals surface area contributed by atoms with Gasteiger partial charge in [0.25, 0.3) is 5.91 Å². The van der Waals surface area contributed by atoms with E-state index >= 15 is 0 Å². The van der Waals surface area contributed by atoms with E-state index in [0.717, 1.165) is 36.9 Å². The molecule has 0 bridgehead atoms. The Morgan fingerprint density at radius 2 is 2.00 bits per heavy atom.